The predicted molar refractivity (Wildman–Crippen MR) is 194 cm³/mol. The van der Waals surface area contributed by atoms with Gasteiger partial charge < -0.3 is 19.5 Å². The molecule has 1 spiro atoms. The van der Waals surface area contributed by atoms with Crippen LogP contribution in [-0.4, -0.2) is 63.2 Å². The highest BCUT2D eigenvalue weighted by atomic mass is 35.5. The topological polar surface area (TPSA) is 105 Å². The number of ether oxygens (including phenoxy) is 2. The van der Waals surface area contributed by atoms with E-state index in [1.54, 1.807) is 19.2 Å². The largest absolute Gasteiger partial charge is 0.490 e. The summed E-state index contributed by atoms with van der Waals surface area (Å²) < 4.78 is 42.7. The maximum absolute atomic E-state index is 14.2. The molecule has 10 heteroatoms. The summed E-state index contributed by atoms with van der Waals surface area (Å²) in [4.78, 5) is 16.3. The molecule has 8 nitrogen and oxygen atoms in total. The van der Waals surface area contributed by atoms with Crippen LogP contribution in [0.5, 0.6) is 5.75 Å². The second kappa shape index (κ2) is 12.7. The average molecular weight is 717 g/mol. The molecule has 8 rings (SSSR count). The van der Waals surface area contributed by atoms with Gasteiger partial charge >= 0.3 is 0 Å². The molecular weight excluding hydrogens is 672 g/mol. The number of nitrogens with zero attached hydrogens (tertiary/aromatic N) is 1. The minimum Gasteiger partial charge on any atom is -0.490 e. The fourth-order valence-corrected chi connectivity index (χ4v) is 11.6. The van der Waals surface area contributed by atoms with Crippen LogP contribution in [0, 0.1) is 17.8 Å². The fourth-order valence-electron chi connectivity index (χ4n) is 9.50. The van der Waals surface area contributed by atoms with Gasteiger partial charge in [-0.3, -0.25) is 4.79 Å². The molecular formula is C40H45ClN2O6S. The van der Waals surface area contributed by atoms with Gasteiger partial charge in [0.15, 0.2) is 0 Å². The van der Waals surface area contributed by atoms with Crippen molar-refractivity contribution in [1.29, 1.82) is 0 Å². The fraction of sp³-hybridized carbons (Fsp3) is 0.475. The van der Waals surface area contributed by atoms with Crippen molar-refractivity contribution in [2.45, 2.75) is 67.1 Å². The summed E-state index contributed by atoms with van der Waals surface area (Å²) in [5, 5.41) is 11.6. The summed E-state index contributed by atoms with van der Waals surface area (Å²) in [6, 6.07) is 21.0. The lowest BCUT2D eigenvalue weighted by atomic mass is 9.64. The molecule has 6 atom stereocenters. The monoisotopic (exact) mass is 716 g/mol. The van der Waals surface area contributed by atoms with Gasteiger partial charge in [-0.1, -0.05) is 60.2 Å². The lowest BCUT2D eigenvalue weighted by molar-refractivity contribution is -0.103. The highest BCUT2D eigenvalue weighted by Gasteiger charge is 2.63. The van der Waals surface area contributed by atoms with Crippen LogP contribution < -0.4 is 14.4 Å². The first-order valence-corrected chi connectivity index (χ1v) is 19.7. The minimum absolute atomic E-state index is 0.0613. The number of benzene rings is 3. The summed E-state index contributed by atoms with van der Waals surface area (Å²) in [6.45, 7) is 1.65. The number of hydrogen-bond acceptors (Lipinski definition) is 7. The molecule has 3 aromatic rings. The standard InChI is InChI=1S/C40H45ClN2O6S/c1-48-39(25-44)18-6-10-31-22-40(31,21-27-7-3-2-4-8-27)50(46,47)42-37(45)29-12-16-36-35(20-29)43(23-30-11-14-34(30)39)24-38(26-49-36)17-5-9-28-19-32(41)13-15-33(28)38/h2-4,6-8,12-13,15-16,18-20,30-31,34,44H,5,9-11,14,17,21-26H2,1H3,(H,42,45)/b18-6+/t30-,31+,34+,38-,39-,40+/m0/s1. The Balaban J connectivity index is 1.22. The van der Waals surface area contributed by atoms with E-state index in [1.807, 2.05) is 54.6 Å². The number of methoxy groups -OCH3 is 1. The van der Waals surface area contributed by atoms with E-state index < -0.39 is 26.3 Å². The SMILES string of the molecule is CO[C@]1(CO)/C=C/C[C@@H]2C[C@@]2(Cc2ccccc2)S(=O)(=O)NC(=O)c2ccc3c(c2)N(C[C@@H]2CC[C@H]21)C[C@@]1(CCCc2cc(Cl)ccc21)CO3. The van der Waals surface area contributed by atoms with Crippen molar-refractivity contribution in [3.05, 3.63) is 106 Å². The maximum Gasteiger partial charge on any atom is 0.264 e. The van der Waals surface area contributed by atoms with Gasteiger partial charge in [-0.15, -0.1) is 0 Å². The Morgan fingerprint density at radius 1 is 1.10 bits per heavy atom. The highest BCUT2D eigenvalue weighted by molar-refractivity contribution is 7.91. The number of rotatable bonds is 4. The van der Waals surface area contributed by atoms with E-state index in [-0.39, 0.29) is 35.3 Å². The van der Waals surface area contributed by atoms with Crippen LogP contribution in [-0.2, 0) is 33.0 Å². The molecule has 2 N–H and O–H groups in total. The third-order valence-corrected chi connectivity index (χ3v) is 14.9. The lowest BCUT2D eigenvalue weighted by Crippen LogP contribution is -2.54. The van der Waals surface area contributed by atoms with Crippen LogP contribution in [0.1, 0.15) is 65.6 Å². The molecule has 2 saturated carbocycles. The normalized spacial score (nSPS) is 33.4. The Kier molecular flexibility index (Phi) is 8.57. The van der Waals surface area contributed by atoms with Gasteiger partial charge in [-0.05, 0) is 116 Å². The number of aliphatic hydroxyl groups excluding tert-OH is 1. The van der Waals surface area contributed by atoms with E-state index in [4.69, 9.17) is 21.1 Å². The maximum atomic E-state index is 14.2. The van der Waals surface area contributed by atoms with Crippen molar-refractivity contribution in [1.82, 2.24) is 4.72 Å². The van der Waals surface area contributed by atoms with Crippen LogP contribution in [0.2, 0.25) is 5.02 Å². The van der Waals surface area contributed by atoms with Gasteiger partial charge in [0.25, 0.3) is 5.91 Å². The number of nitrogens with one attached hydrogen (secondary N) is 1. The molecule has 3 aliphatic carbocycles. The number of carbonyl (C=O) groups is 1. The molecule has 1 amide bonds. The predicted octanol–water partition coefficient (Wildman–Crippen LogP) is 6.24. The summed E-state index contributed by atoms with van der Waals surface area (Å²) >= 11 is 6.45. The molecule has 2 aliphatic heterocycles. The van der Waals surface area contributed by atoms with Crippen molar-refractivity contribution in [2.75, 3.05) is 38.3 Å². The third kappa shape index (κ3) is 5.65. The molecule has 2 heterocycles. The van der Waals surface area contributed by atoms with E-state index >= 15 is 0 Å². The minimum atomic E-state index is -4.09. The first-order valence-electron chi connectivity index (χ1n) is 17.9. The van der Waals surface area contributed by atoms with Crippen LogP contribution in [0.4, 0.5) is 5.69 Å². The molecule has 0 unspecified atom stereocenters. The summed E-state index contributed by atoms with van der Waals surface area (Å²) in [7, 11) is -2.43. The molecule has 3 aromatic carbocycles. The number of aliphatic hydroxyl groups is 1. The number of hydrogen-bond donors (Lipinski definition) is 2. The number of carbonyl (C=O) groups excluding carboxylic acids is 1. The zero-order valence-corrected chi connectivity index (χ0v) is 30.0. The second-order valence-electron chi connectivity index (χ2n) is 15.2. The van der Waals surface area contributed by atoms with Crippen LogP contribution >= 0.6 is 11.6 Å². The quantitative estimate of drug-likeness (QED) is 0.308. The summed E-state index contributed by atoms with van der Waals surface area (Å²) in [6.07, 6.45) is 10.0. The second-order valence-corrected chi connectivity index (χ2v) is 17.7. The molecule has 50 heavy (non-hydrogen) atoms. The molecule has 2 bridgehead atoms. The first-order chi connectivity index (χ1) is 24.1. The first kappa shape index (κ1) is 33.8. The Hall–Kier alpha value is -3.37. The van der Waals surface area contributed by atoms with Crippen molar-refractivity contribution in [2.24, 2.45) is 17.8 Å². The number of halogens is 1. The zero-order chi connectivity index (χ0) is 34.7. The summed E-state index contributed by atoms with van der Waals surface area (Å²) in [5.74, 6) is 0.119. The highest BCUT2D eigenvalue weighted by Crippen LogP contribution is 2.55. The third-order valence-electron chi connectivity index (χ3n) is 12.5. The molecule has 0 radical (unpaired) electrons. The van der Waals surface area contributed by atoms with E-state index in [0.29, 0.717) is 44.7 Å². The Labute approximate surface area is 299 Å². The van der Waals surface area contributed by atoms with Gasteiger partial charge in [0.1, 0.15) is 11.4 Å². The van der Waals surface area contributed by atoms with Crippen LogP contribution in [0.15, 0.2) is 78.9 Å². The lowest BCUT2D eigenvalue weighted by Gasteiger charge is -2.50. The van der Waals surface area contributed by atoms with Gasteiger partial charge in [0.2, 0.25) is 10.0 Å². The molecule has 0 saturated heterocycles. The number of sulfonamides is 1. The smallest absolute Gasteiger partial charge is 0.264 e. The van der Waals surface area contributed by atoms with E-state index in [2.05, 4.69) is 21.8 Å². The Bertz CT molecular complexity index is 1930. The van der Waals surface area contributed by atoms with E-state index in [0.717, 1.165) is 48.4 Å². The molecule has 0 aromatic heterocycles. The number of fused-ring (bicyclic) bond motifs is 5. The van der Waals surface area contributed by atoms with E-state index in [1.165, 1.54) is 11.1 Å². The van der Waals surface area contributed by atoms with Crippen molar-refractivity contribution in [3.63, 3.8) is 0 Å². The van der Waals surface area contributed by atoms with Crippen molar-refractivity contribution in [3.8, 4) is 5.75 Å². The molecule has 2 fully saturated rings. The number of aryl methyl sites for hydroxylation is 1. The van der Waals surface area contributed by atoms with E-state index in [9.17, 15) is 18.3 Å². The van der Waals surface area contributed by atoms with Crippen LogP contribution in [0.25, 0.3) is 0 Å². The molecule has 264 valence electrons. The molecule has 5 aliphatic rings. The van der Waals surface area contributed by atoms with Gasteiger partial charge in [-0.2, -0.15) is 0 Å². The average Bonchev–Trinajstić information content (AvgIpc) is 3.84. The van der Waals surface area contributed by atoms with Crippen molar-refractivity contribution >= 4 is 33.2 Å². The van der Waals surface area contributed by atoms with Crippen LogP contribution in [0.3, 0.4) is 0 Å². The van der Waals surface area contributed by atoms with Crippen molar-refractivity contribution < 1.29 is 27.8 Å². The van der Waals surface area contributed by atoms with Gasteiger partial charge in [0.05, 0.1) is 23.6 Å². The number of amides is 1. The Morgan fingerprint density at radius 2 is 1.94 bits per heavy atom. The number of anilines is 1. The zero-order valence-electron chi connectivity index (χ0n) is 28.4. The Morgan fingerprint density at radius 3 is 2.70 bits per heavy atom. The summed E-state index contributed by atoms with van der Waals surface area (Å²) in [5.41, 5.74) is 3.26. The van der Waals surface area contributed by atoms with Gasteiger partial charge in [-0.25, -0.2) is 13.1 Å². The number of allylic oxidation sites excluding steroid dienone is 1. The van der Waals surface area contributed by atoms with Gasteiger partial charge in [0, 0.05) is 36.2 Å².